The van der Waals surface area contributed by atoms with E-state index in [1.165, 1.54) is 49.0 Å². The summed E-state index contributed by atoms with van der Waals surface area (Å²) >= 11 is 0. The lowest BCUT2D eigenvalue weighted by molar-refractivity contribution is 0.256. The van der Waals surface area contributed by atoms with E-state index in [1.54, 1.807) is 0 Å². The highest BCUT2D eigenvalue weighted by Gasteiger charge is 2.40. The highest BCUT2D eigenvalue weighted by atomic mass is 15.2. The SMILES string of the molecule is C[C@H]1CCCN1C[C@@H]1C[C@H]1c1ccc(-c2ccc(C#N)cc2)cc1. The van der Waals surface area contributed by atoms with Crippen LogP contribution in [0.25, 0.3) is 11.1 Å². The van der Waals surface area contributed by atoms with Crippen molar-refractivity contribution in [3.8, 4) is 17.2 Å². The van der Waals surface area contributed by atoms with Crippen LogP contribution in [0.1, 0.15) is 43.2 Å². The summed E-state index contributed by atoms with van der Waals surface area (Å²) in [6.07, 6.45) is 4.09. The first kappa shape index (κ1) is 15.4. The summed E-state index contributed by atoms with van der Waals surface area (Å²) in [6, 6.07) is 19.8. The Morgan fingerprint density at radius 2 is 1.71 bits per heavy atom. The summed E-state index contributed by atoms with van der Waals surface area (Å²) < 4.78 is 0. The Morgan fingerprint density at radius 3 is 2.29 bits per heavy atom. The van der Waals surface area contributed by atoms with Crippen LogP contribution in [0, 0.1) is 17.2 Å². The molecule has 0 unspecified atom stereocenters. The third-order valence-corrected chi connectivity index (χ3v) is 5.77. The van der Waals surface area contributed by atoms with Crippen molar-refractivity contribution >= 4 is 0 Å². The van der Waals surface area contributed by atoms with Crippen molar-refractivity contribution in [1.29, 1.82) is 5.26 Å². The van der Waals surface area contributed by atoms with Crippen molar-refractivity contribution in [2.75, 3.05) is 13.1 Å². The van der Waals surface area contributed by atoms with E-state index in [9.17, 15) is 0 Å². The molecular formula is C22H24N2. The summed E-state index contributed by atoms with van der Waals surface area (Å²) in [5.74, 6) is 1.61. The highest BCUT2D eigenvalue weighted by molar-refractivity contribution is 5.64. The molecule has 1 aliphatic carbocycles. The Bertz CT molecular complexity index is 739. The van der Waals surface area contributed by atoms with Gasteiger partial charge in [-0.2, -0.15) is 5.26 Å². The van der Waals surface area contributed by atoms with E-state index in [2.05, 4.69) is 42.2 Å². The molecule has 0 bridgehead atoms. The number of likely N-dealkylation sites (tertiary alicyclic amines) is 1. The van der Waals surface area contributed by atoms with Gasteiger partial charge < -0.3 is 4.90 Å². The van der Waals surface area contributed by atoms with Gasteiger partial charge in [-0.3, -0.25) is 0 Å². The van der Waals surface area contributed by atoms with E-state index in [4.69, 9.17) is 5.26 Å². The topological polar surface area (TPSA) is 27.0 Å². The lowest BCUT2D eigenvalue weighted by atomic mass is 10.0. The molecule has 1 saturated heterocycles. The van der Waals surface area contributed by atoms with E-state index in [0.717, 1.165) is 17.9 Å². The number of rotatable bonds is 4. The molecule has 1 saturated carbocycles. The minimum absolute atomic E-state index is 0.715. The van der Waals surface area contributed by atoms with Crippen molar-refractivity contribution in [3.05, 3.63) is 59.7 Å². The Labute approximate surface area is 144 Å². The Hall–Kier alpha value is -2.11. The van der Waals surface area contributed by atoms with Gasteiger partial charge in [0.15, 0.2) is 0 Å². The molecule has 4 rings (SSSR count). The molecule has 0 aromatic heterocycles. The van der Waals surface area contributed by atoms with Gasteiger partial charge in [0.1, 0.15) is 0 Å². The number of nitriles is 1. The predicted molar refractivity (Wildman–Crippen MR) is 97.7 cm³/mol. The fourth-order valence-corrected chi connectivity index (χ4v) is 4.08. The molecule has 1 aliphatic heterocycles. The monoisotopic (exact) mass is 316 g/mol. The molecule has 2 aromatic rings. The van der Waals surface area contributed by atoms with Crippen LogP contribution in [-0.2, 0) is 0 Å². The normalized spacial score (nSPS) is 26.2. The minimum atomic E-state index is 0.715. The van der Waals surface area contributed by atoms with Crippen LogP contribution in [-0.4, -0.2) is 24.0 Å². The van der Waals surface area contributed by atoms with Gasteiger partial charge in [-0.1, -0.05) is 36.4 Å². The Balaban J connectivity index is 1.40. The first-order valence-electron chi connectivity index (χ1n) is 9.09. The van der Waals surface area contributed by atoms with Crippen molar-refractivity contribution in [1.82, 2.24) is 4.90 Å². The summed E-state index contributed by atoms with van der Waals surface area (Å²) in [5, 5.41) is 8.89. The zero-order valence-electron chi connectivity index (χ0n) is 14.3. The minimum Gasteiger partial charge on any atom is -0.300 e. The Morgan fingerprint density at radius 1 is 1.04 bits per heavy atom. The van der Waals surface area contributed by atoms with Gasteiger partial charge in [0.2, 0.25) is 0 Å². The van der Waals surface area contributed by atoms with Crippen LogP contribution in [0.2, 0.25) is 0 Å². The summed E-state index contributed by atoms with van der Waals surface area (Å²) in [4.78, 5) is 2.68. The third kappa shape index (κ3) is 3.09. The molecular weight excluding hydrogens is 292 g/mol. The van der Waals surface area contributed by atoms with E-state index in [1.807, 2.05) is 24.3 Å². The maximum absolute atomic E-state index is 8.89. The second-order valence-corrected chi connectivity index (χ2v) is 7.40. The molecule has 2 heteroatoms. The van der Waals surface area contributed by atoms with Gasteiger partial charge in [-0.05, 0) is 73.4 Å². The van der Waals surface area contributed by atoms with Crippen molar-refractivity contribution in [2.45, 2.75) is 38.1 Å². The van der Waals surface area contributed by atoms with Gasteiger partial charge in [0, 0.05) is 12.6 Å². The molecule has 3 atom stereocenters. The van der Waals surface area contributed by atoms with Gasteiger partial charge in [0.25, 0.3) is 0 Å². The maximum atomic E-state index is 8.89. The zero-order valence-corrected chi connectivity index (χ0v) is 14.3. The van der Waals surface area contributed by atoms with Gasteiger partial charge in [0.05, 0.1) is 11.6 Å². The largest absolute Gasteiger partial charge is 0.300 e. The fourth-order valence-electron chi connectivity index (χ4n) is 4.08. The summed E-state index contributed by atoms with van der Waals surface area (Å²) in [6.45, 7) is 4.95. The van der Waals surface area contributed by atoms with Crippen LogP contribution in [0.15, 0.2) is 48.5 Å². The van der Waals surface area contributed by atoms with Crippen LogP contribution in [0.5, 0.6) is 0 Å². The average Bonchev–Trinajstić information content (AvgIpc) is 3.29. The number of hydrogen-bond acceptors (Lipinski definition) is 2. The maximum Gasteiger partial charge on any atom is 0.0991 e. The predicted octanol–water partition coefficient (Wildman–Crippen LogP) is 4.81. The molecule has 2 nitrogen and oxygen atoms in total. The summed E-state index contributed by atoms with van der Waals surface area (Å²) in [7, 11) is 0. The highest BCUT2D eigenvalue weighted by Crippen LogP contribution is 2.48. The number of benzene rings is 2. The lowest BCUT2D eigenvalue weighted by Gasteiger charge is -2.20. The quantitative estimate of drug-likeness (QED) is 0.809. The van der Waals surface area contributed by atoms with Crippen LogP contribution < -0.4 is 0 Å². The number of nitrogens with zero attached hydrogens (tertiary/aromatic N) is 2. The van der Waals surface area contributed by atoms with Crippen LogP contribution in [0.3, 0.4) is 0 Å². The van der Waals surface area contributed by atoms with Crippen LogP contribution in [0.4, 0.5) is 0 Å². The molecule has 2 fully saturated rings. The molecule has 0 radical (unpaired) electrons. The van der Waals surface area contributed by atoms with Crippen LogP contribution >= 0.6 is 0 Å². The molecule has 0 spiro atoms. The molecule has 2 aliphatic rings. The second-order valence-electron chi connectivity index (χ2n) is 7.40. The summed E-state index contributed by atoms with van der Waals surface area (Å²) in [5.41, 5.74) is 4.61. The first-order valence-corrected chi connectivity index (χ1v) is 9.09. The average molecular weight is 316 g/mol. The Kier molecular flexibility index (Phi) is 4.12. The molecule has 0 N–H and O–H groups in total. The molecule has 1 heterocycles. The zero-order chi connectivity index (χ0) is 16.5. The molecule has 122 valence electrons. The van der Waals surface area contributed by atoms with Crippen molar-refractivity contribution in [3.63, 3.8) is 0 Å². The lowest BCUT2D eigenvalue weighted by Crippen LogP contribution is -2.29. The third-order valence-electron chi connectivity index (χ3n) is 5.77. The van der Waals surface area contributed by atoms with Gasteiger partial charge in [-0.25, -0.2) is 0 Å². The molecule has 0 amide bonds. The van der Waals surface area contributed by atoms with E-state index in [-0.39, 0.29) is 0 Å². The van der Waals surface area contributed by atoms with E-state index < -0.39 is 0 Å². The molecule has 24 heavy (non-hydrogen) atoms. The first-order chi connectivity index (χ1) is 11.7. The van der Waals surface area contributed by atoms with Gasteiger partial charge >= 0.3 is 0 Å². The fraction of sp³-hybridized carbons (Fsp3) is 0.409. The smallest absolute Gasteiger partial charge is 0.0991 e. The molecule has 2 aromatic carbocycles. The van der Waals surface area contributed by atoms with Crippen molar-refractivity contribution < 1.29 is 0 Å². The standard InChI is InChI=1S/C22H24N2/c1-16-3-2-12-24(16)15-21-13-22(21)20-10-8-19(9-11-20)18-6-4-17(14-23)5-7-18/h4-11,16,21-22H,2-3,12-13,15H2,1H3/t16-,21-,22-/m0/s1. The van der Waals surface area contributed by atoms with E-state index in [0.29, 0.717) is 5.56 Å². The number of hydrogen-bond donors (Lipinski definition) is 0. The van der Waals surface area contributed by atoms with E-state index >= 15 is 0 Å². The van der Waals surface area contributed by atoms with Gasteiger partial charge in [-0.15, -0.1) is 0 Å². The van der Waals surface area contributed by atoms with Crippen molar-refractivity contribution in [2.24, 2.45) is 5.92 Å². The second kappa shape index (κ2) is 6.42.